The van der Waals surface area contributed by atoms with E-state index in [1.165, 1.54) is 11.6 Å². The molecule has 1 atom stereocenters. The van der Waals surface area contributed by atoms with Gasteiger partial charge in [0.2, 0.25) is 11.9 Å². The Balaban J connectivity index is 1.48. The minimum Gasteiger partial charge on any atom is -0.326 e. The summed E-state index contributed by atoms with van der Waals surface area (Å²) in [6, 6.07) is 13.6. The predicted octanol–water partition coefficient (Wildman–Crippen LogP) is 2.98. The average Bonchev–Trinajstić information content (AvgIpc) is 3.21. The van der Waals surface area contributed by atoms with Crippen molar-refractivity contribution in [3.63, 3.8) is 0 Å². The van der Waals surface area contributed by atoms with Crippen molar-refractivity contribution in [3.05, 3.63) is 59.7 Å². The Morgan fingerprint density at radius 3 is 2.45 bits per heavy atom. The van der Waals surface area contributed by atoms with Crippen molar-refractivity contribution >= 4 is 29.2 Å². The number of carbonyl (C=O) groups is 3. The molecule has 2 N–H and O–H groups in total. The largest absolute Gasteiger partial charge is 0.326 e. The molecular formula is C21H19N5O3. The second kappa shape index (κ2) is 7.31. The van der Waals surface area contributed by atoms with Gasteiger partial charge in [-0.3, -0.25) is 19.7 Å². The van der Waals surface area contributed by atoms with Crippen LogP contribution in [0.25, 0.3) is 11.4 Å². The molecule has 1 aliphatic rings. The van der Waals surface area contributed by atoms with Crippen LogP contribution in [-0.4, -0.2) is 32.4 Å². The minimum atomic E-state index is -0.770. The molecule has 0 saturated heterocycles. The molecule has 0 radical (unpaired) electrons. The number of fused-ring (bicyclic) bond motifs is 1. The lowest BCUT2D eigenvalue weighted by molar-refractivity contribution is -0.123. The number of amides is 2. The van der Waals surface area contributed by atoms with Gasteiger partial charge >= 0.3 is 0 Å². The van der Waals surface area contributed by atoms with Crippen LogP contribution < -0.4 is 10.6 Å². The minimum absolute atomic E-state index is 0.0476. The summed E-state index contributed by atoms with van der Waals surface area (Å²) in [5.41, 5.74) is 3.08. The number of anilines is 2. The Hall–Kier alpha value is -3.81. The van der Waals surface area contributed by atoms with Gasteiger partial charge in [-0.05, 0) is 38.1 Å². The molecule has 1 aromatic heterocycles. The van der Waals surface area contributed by atoms with Crippen LogP contribution in [0.1, 0.15) is 35.3 Å². The maximum atomic E-state index is 12.4. The SMILES string of the molecule is CC(=O)c1ccc(NC(=O)C[C@H]2C(=O)Nc3nc(-c4ccc(C)cc4)nn32)cc1. The van der Waals surface area contributed by atoms with Crippen LogP contribution in [0.3, 0.4) is 0 Å². The van der Waals surface area contributed by atoms with Crippen molar-refractivity contribution < 1.29 is 14.4 Å². The molecule has 8 nitrogen and oxygen atoms in total. The highest BCUT2D eigenvalue weighted by Crippen LogP contribution is 2.28. The van der Waals surface area contributed by atoms with Gasteiger partial charge in [0.05, 0.1) is 6.42 Å². The van der Waals surface area contributed by atoms with Crippen LogP contribution in [-0.2, 0) is 9.59 Å². The van der Waals surface area contributed by atoms with Gasteiger partial charge in [-0.15, -0.1) is 5.10 Å². The Labute approximate surface area is 167 Å². The van der Waals surface area contributed by atoms with Crippen LogP contribution >= 0.6 is 0 Å². The standard InChI is InChI=1S/C21H19N5O3/c1-12-3-5-15(6-4-12)19-23-21-24-20(29)17(26(21)25-19)11-18(28)22-16-9-7-14(8-10-16)13(2)27/h3-10,17H,11H2,1-2H3,(H,22,28)(H,23,24,25,29)/t17-/m0/s1. The molecule has 2 amide bonds. The van der Waals surface area contributed by atoms with Gasteiger partial charge < -0.3 is 5.32 Å². The first kappa shape index (κ1) is 18.5. The summed E-state index contributed by atoms with van der Waals surface area (Å²) in [6.45, 7) is 3.47. The third-order valence-electron chi connectivity index (χ3n) is 4.73. The zero-order valence-corrected chi connectivity index (χ0v) is 16.0. The van der Waals surface area contributed by atoms with Gasteiger partial charge in [0.1, 0.15) is 6.04 Å². The summed E-state index contributed by atoms with van der Waals surface area (Å²) in [7, 11) is 0. The third-order valence-corrected chi connectivity index (χ3v) is 4.73. The molecule has 29 heavy (non-hydrogen) atoms. The fourth-order valence-electron chi connectivity index (χ4n) is 3.11. The number of benzene rings is 2. The van der Waals surface area contributed by atoms with E-state index in [2.05, 4.69) is 20.7 Å². The number of ketones is 1. The first-order valence-corrected chi connectivity index (χ1v) is 9.16. The lowest BCUT2D eigenvalue weighted by Crippen LogP contribution is -2.23. The van der Waals surface area contributed by atoms with Crippen LogP contribution in [0.15, 0.2) is 48.5 Å². The van der Waals surface area contributed by atoms with Gasteiger partial charge in [-0.1, -0.05) is 29.8 Å². The fourth-order valence-corrected chi connectivity index (χ4v) is 3.11. The van der Waals surface area contributed by atoms with Crippen LogP contribution in [0.2, 0.25) is 0 Å². The number of aryl methyl sites for hydroxylation is 1. The lowest BCUT2D eigenvalue weighted by atomic mass is 10.1. The molecule has 0 aliphatic carbocycles. The third kappa shape index (κ3) is 3.77. The summed E-state index contributed by atoms with van der Waals surface area (Å²) >= 11 is 0. The fraction of sp³-hybridized carbons (Fsp3) is 0.190. The van der Waals surface area contributed by atoms with Gasteiger partial charge in [-0.2, -0.15) is 4.98 Å². The zero-order valence-electron chi connectivity index (χ0n) is 16.0. The number of hydrogen-bond donors (Lipinski definition) is 2. The van der Waals surface area contributed by atoms with E-state index in [-0.39, 0.29) is 24.0 Å². The second-order valence-electron chi connectivity index (χ2n) is 6.96. The van der Waals surface area contributed by atoms with Crippen molar-refractivity contribution in [2.75, 3.05) is 10.6 Å². The van der Waals surface area contributed by atoms with E-state index in [0.717, 1.165) is 11.1 Å². The Kier molecular flexibility index (Phi) is 4.67. The highest BCUT2D eigenvalue weighted by atomic mass is 16.2. The molecular weight excluding hydrogens is 370 g/mol. The van der Waals surface area contributed by atoms with Crippen molar-refractivity contribution in [1.29, 1.82) is 0 Å². The van der Waals surface area contributed by atoms with Crippen molar-refractivity contribution in [2.24, 2.45) is 0 Å². The number of aromatic nitrogens is 3. The normalized spacial score (nSPS) is 15.0. The highest BCUT2D eigenvalue weighted by molar-refractivity contribution is 6.01. The molecule has 4 rings (SSSR count). The van der Waals surface area contributed by atoms with E-state index < -0.39 is 6.04 Å². The molecule has 8 heteroatoms. The van der Waals surface area contributed by atoms with E-state index in [1.807, 2.05) is 31.2 Å². The summed E-state index contributed by atoms with van der Waals surface area (Å²) in [5.74, 6) is 0.117. The zero-order chi connectivity index (χ0) is 20.5. The Morgan fingerprint density at radius 1 is 1.10 bits per heavy atom. The Bertz CT molecular complexity index is 1100. The monoisotopic (exact) mass is 389 g/mol. The van der Waals surface area contributed by atoms with Crippen LogP contribution in [0, 0.1) is 6.92 Å². The number of nitrogens with one attached hydrogen (secondary N) is 2. The van der Waals surface area contributed by atoms with Crippen LogP contribution in [0.5, 0.6) is 0 Å². The van der Waals surface area contributed by atoms with Gasteiger partial charge in [0, 0.05) is 16.8 Å². The predicted molar refractivity (Wildman–Crippen MR) is 108 cm³/mol. The molecule has 1 aliphatic heterocycles. The summed E-state index contributed by atoms with van der Waals surface area (Å²) in [4.78, 5) is 40.4. The second-order valence-corrected chi connectivity index (χ2v) is 6.96. The molecule has 0 spiro atoms. The molecule has 0 unspecified atom stereocenters. The summed E-state index contributed by atoms with van der Waals surface area (Å²) in [6.07, 6.45) is -0.0794. The number of Topliss-reactive ketones (excluding diaryl/α,β-unsaturated/α-hetero) is 1. The molecule has 146 valence electrons. The number of carbonyl (C=O) groups excluding carboxylic acids is 3. The molecule has 0 bridgehead atoms. The van der Waals surface area contributed by atoms with Crippen molar-refractivity contribution in [2.45, 2.75) is 26.3 Å². The van der Waals surface area contributed by atoms with Gasteiger partial charge in [-0.25, -0.2) is 4.68 Å². The number of hydrogen-bond acceptors (Lipinski definition) is 5. The summed E-state index contributed by atoms with van der Waals surface area (Å²) in [5, 5.41) is 9.83. The van der Waals surface area contributed by atoms with Crippen molar-refractivity contribution in [1.82, 2.24) is 14.8 Å². The first-order chi connectivity index (χ1) is 13.9. The number of nitrogens with zero attached hydrogens (tertiary/aromatic N) is 3. The maximum Gasteiger partial charge on any atom is 0.252 e. The highest BCUT2D eigenvalue weighted by Gasteiger charge is 2.35. The molecule has 0 fully saturated rings. The quantitative estimate of drug-likeness (QED) is 0.653. The van der Waals surface area contributed by atoms with Gasteiger partial charge in [0.25, 0.3) is 5.91 Å². The van der Waals surface area contributed by atoms with E-state index >= 15 is 0 Å². The maximum absolute atomic E-state index is 12.4. The lowest BCUT2D eigenvalue weighted by Gasteiger charge is -2.10. The van der Waals surface area contributed by atoms with Gasteiger partial charge in [0.15, 0.2) is 11.6 Å². The first-order valence-electron chi connectivity index (χ1n) is 9.16. The summed E-state index contributed by atoms with van der Waals surface area (Å²) < 4.78 is 1.45. The van der Waals surface area contributed by atoms with E-state index in [4.69, 9.17) is 0 Å². The average molecular weight is 389 g/mol. The molecule has 2 heterocycles. The number of rotatable bonds is 5. The van der Waals surface area contributed by atoms with E-state index in [9.17, 15) is 14.4 Å². The smallest absolute Gasteiger partial charge is 0.252 e. The van der Waals surface area contributed by atoms with Crippen molar-refractivity contribution in [3.8, 4) is 11.4 Å². The molecule has 0 saturated carbocycles. The molecule has 3 aromatic rings. The van der Waals surface area contributed by atoms with E-state index in [0.29, 0.717) is 23.0 Å². The van der Waals surface area contributed by atoms with Crippen LogP contribution in [0.4, 0.5) is 11.6 Å². The Morgan fingerprint density at radius 2 is 1.79 bits per heavy atom. The topological polar surface area (TPSA) is 106 Å². The molecule has 2 aromatic carbocycles. The van der Waals surface area contributed by atoms with E-state index in [1.54, 1.807) is 24.3 Å².